The number of ether oxygens (including phenoxy) is 1. The van der Waals surface area contributed by atoms with Gasteiger partial charge in [-0.3, -0.25) is 0 Å². The molecule has 0 fully saturated rings. The second-order valence-corrected chi connectivity index (χ2v) is 3.67. The van der Waals surface area contributed by atoms with Crippen LogP contribution in [0.5, 0.6) is 0 Å². The van der Waals surface area contributed by atoms with Crippen LogP contribution in [0, 0.1) is 0 Å². The van der Waals surface area contributed by atoms with Crippen molar-refractivity contribution in [2.45, 2.75) is 45.7 Å². The van der Waals surface area contributed by atoms with Crippen LogP contribution in [0.25, 0.3) is 0 Å². The van der Waals surface area contributed by atoms with Crippen molar-refractivity contribution in [1.29, 1.82) is 0 Å². The van der Waals surface area contributed by atoms with E-state index in [1.165, 1.54) is 6.92 Å². The normalized spacial score (nSPS) is 15.9. The fraction of sp³-hybridized carbons (Fsp3) is 0.727. The molecule has 0 aliphatic rings. The van der Waals surface area contributed by atoms with Crippen molar-refractivity contribution in [2.24, 2.45) is 5.73 Å². The molecule has 0 heterocycles. The average molecular weight is 217 g/mol. The zero-order chi connectivity index (χ0) is 11.9. The lowest BCUT2D eigenvalue weighted by Crippen LogP contribution is -2.27. The molecule has 0 aliphatic heterocycles. The Morgan fingerprint density at radius 1 is 1.53 bits per heavy atom. The molecule has 0 bridgehead atoms. The summed E-state index contributed by atoms with van der Waals surface area (Å²) in [5, 5.41) is 0. The molecular weight excluding hydrogens is 197 g/mol. The summed E-state index contributed by atoms with van der Waals surface area (Å²) in [4.78, 5) is 11.1. The minimum absolute atomic E-state index is 0.0773. The van der Waals surface area contributed by atoms with Gasteiger partial charge in [0, 0.05) is 6.08 Å². The lowest BCUT2D eigenvalue weighted by molar-refractivity contribution is -0.138. The molecule has 88 valence electrons. The van der Waals surface area contributed by atoms with Gasteiger partial charge in [-0.05, 0) is 19.8 Å². The molecule has 0 spiro atoms. The van der Waals surface area contributed by atoms with E-state index in [2.05, 4.69) is 0 Å². The summed E-state index contributed by atoms with van der Waals surface area (Å²) < 4.78 is 18.4. The van der Waals surface area contributed by atoms with Gasteiger partial charge in [-0.1, -0.05) is 20.3 Å². The number of alkyl halides is 1. The van der Waals surface area contributed by atoms with Crippen LogP contribution in [0.2, 0.25) is 0 Å². The number of allylic oxidation sites excluding steroid dienone is 1. The smallest absolute Gasteiger partial charge is 0.332 e. The first-order valence-electron chi connectivity index (χ1n) is 5.27. The quantitative estimate of drug-likeness (QED) is 0.422. The summed E-state index contributed by atoms with van der Waals surface area (Å²) in [5.41, 5.74) is 3.74. The first-order valence-corrected chi connectivity index (χ1v) is 5.27. The number of hydrogen-bond donors (Lipinski definition) is 1. The number of nitrogens with two attached hydrogens (primary N) is 1. The minimum Gasteiger partial charge on any atom is -0.462 e. The topological polar surface area (TPSA) is 52.3 Å². The van der Waals surface area contributed by atoms with Gasteiger partial charge in [0.1, 0.15) is 5.67 Å². The lowest BCUT2D eigenvalue weighted by Gasteiger charge is -2.18. The lowest BCUT2D eigenvalue weighted by atomic mass is 10.0. The summed E-state index contributed by atoms with van der Waals surface area (Å²) in [7, 11) is 0. The predicted molar refractivity (Wildman–Crippen MR) is 57.9 cm³/mol. The highest BCUT2D eigenvalue weighted by atomic mass is 19.1. The van der Waals surface area contributed by atoms with E-state index < -0.39 is 11.6 Å². The molecule has 2 N–H and O–H groups in total. The van der Waals surface area contributed by atoms with Crippen LogP contribution < -0.4 is 5.73 Å². The monoisotopic (exact) mass is 217 g/mol. The van der Waals surface area contributed by atoms with Gasteiger partial charge >= 0.3 is 5.97 Å². The van der Waals surface area contributed by atoms with Gasteiger partial charge in [0.15, 0.2) is 0 Å². The molecule has 0 radical (unpaired) electrons. The molecule has 0 aromatic carbocycles. The van der Waals surface area contributed by atoms with Crippen LogP contribution in [0.3, 0.4) is 0 Å². The maximum absolute atomic E-state index is 13.6. The summed E-state index contributed by atoms with van der Waals surface area (Å²) in [6, 6.07) is 0. The highest BCUT2D eigenvalue weighted by Crippen LogP contribution is 2.21. The molecule has 1 atom stereocenters. The van der Waals surface area contributed by atoms with Crippen molar-refractivity contribution < 1.29 is 13.9 Å². The average Bonchev–Trinajstić information content (AvgIpc) is 2.18. The Hall–Kier alpha value is -1.06. The Bertz CT molecular complexity index is 237. The molecule has 3 nitrogen and oxygen atoms in total. The van der Waals surface area contributed by atoms with Gasteiger partial charge in [0.25, 0.3) is 0 Å². The van der Waals surface area contributed by atoms with Crippen molar-refractivity contribution in [2.75, 3.05) is 6.61 Å². The first-order chi connectivity index (χ1) is 6.94. The van der Waals surface area contributed by atoms with Crippen molar-refractivity contribution in [3.8, 4) is 0 Å². The molecule has 0 aromatic rings. The number of hydrogen-bond acceptors (Lipinski definition) is 3. The SMILES string of the molecule is CCCCOC(=O)C=C(N)C(C)(F)CC. The van der Waals surface area contributed by atoms with Gasteiger partial charge in [0.05, 0.1) is 12.3 Å². The summed E-state index contributed by atoms with van der Waals surface area (Å²) in [5.74, 6) is -0.571. The number of carbonyl (C=O) groups excluding carboxylic acids is 1. The molecule has 0 aromatic heterocycles. The second kappa shape index (κ2) is 6.43. The van der Waals surface area contributed by atoms with E-state index in [1.54, 1.807) is 6.92 Å². The summed E-state index contributed by atoms with van der Waals surface area (Å²) in [6.45, 7) is 5.36. The van der Waals surface area contributed by atoms with Gasteiger partial charge < -0.3 is 10.5 Å². The minimum atomic E-state index is -1.64. The molecule has 0 saturated heterocycles. The van der Waals surface area contributed by atoms with Gasteiger partial charge in [-0.2, -0.15) is 0 Å². The van der Waals surface area contributed by atoms with Crippen LogP contribution in [0.1, 0.15) is 40.0 Å². The molecule has 4 heteroatoms. The zero-order valence-corrected chi connectivity index (χ0v) is 9.68. The van der Waals surface area contributed by atoms with E-state index in [-0.39, 0.29) is 12.1 Å². The van der Waals surface area contributed by atoms with Crippen molar-refractivity contribution in [3.05, 3.63) is 11.8 Å². The highest BCUT2D eigenvalue weighted by Gasteiger charge is 2.24. The summed E-state index contributed by atoms with van der Waals surface area (Å²) in [6.07, 6.45) is 3.01. The van der Waals surface area contributed by atoms with E-state index in [9.17, 15) is 9.18 Å². The number of halogens is 1. The van der Waals surface area contributed by atoms with E-state index in [4.69, 9.17) is 10.5 Å². The molecule has 0 saturated carbocycles. The van der Waals surface area contributed by atoms with Crippen LogP contribution in [0.4, 0.5) is 4.39 Å². The third kappa shape index (κ3) is 5.40. The fourth-order valence-corrected chi connectivity index (χ4v) is 0.840. The van der Waals surface area contributed by atoms with Gasteiger partial charge in [0.2, 0.25) is 0 Å². The van der Waals surface area contributed by atoms with Crippen LogP contribution in [-0.2, 0) is 9.53 Å². The van der Waals surface area contributed by atoms with E-state index in [0.717, 1.165) is 18.9 Å². The molecular formula is C11H20FNO2. The third-order valence-electron chi connectivity index (χ3n) is 2.28. The Kier molecular flexibility index (Phi) is 5.97. The molecule has 1 unspecified atom stereocenters. The fourth-order valence-electron chi connectivity index (χ4n) is 0.840. The standard InChI is InChI=1S/C11H20FNO2/c1-4-6-7-15-10(14)8-9(13)11(3,12)5-2/h8H,4-7,13H2,1-3H3. The number of carbonyl (C=O) groups is 1. The maximum atomic E-state index is 13.6. The van der Waals surface area contributed by atoms with Crippen molar-refractivity contribution in [3.63, 3.8) is 0 Å². The van der Waals surface area contributed by atoms with E-state index in [1.807, 2.05) is 6.92 Å². The molecule has 15 heavy (non-hydrogen) atoms. The third-order valence-corrected chi connectivity index (χ3v) is 2.28. The largest absolute Gasteiger partial charge is 0.462 e. The predicted octanol–water partition coefficient (Wildman–Crippen LogP) is 2.31. The van der Waals surface area contributed by atoms with Crippen molar-refractivity contribution in [1.82, 2.24) is 0 Å². The van der Waals surface area contributed by atoms with Crippen LogP contribution >= 0.6 is 0 Å². The molecule has 0 amide bonds. The van der Waals surface area contributed by atoms with E-state index in [0.29, 0.717) is 6.61 Å². The first kappa shape index (κ1) is 13.9. The highest BCUT2D eigenvalue weighted by molar-refractivity contribution is 5.82. The van der Waals surface area contributed by atoms with E-state index >= 15 is 0 Å². The zero-order valence-electron chi connectivity index (χ0n) is 9.68. The Morgan fingerprint density at radius 2 is 2.13 bits per heavy atom. The number of rotatable bonds is 6. The Balaban J connectivity index is 4.17. The number of unbranched alkanes of at least 4 members (excludes halogenated alkanes) is 1. The summed E-state index contributed by atoms with van der Waals surface area (Å²) >= 11 is 0. The number of esters is 1. The van der Waals surface area contributed by atoms with Gasteiger partial charge in [-0.25, -0.2) is 9.18 Å². The molecule has 0 aliphatic carbocycles. The van der Waals surface area contributed by atoms with Crippen molar-refractivity contribution >= 4 is 5.97 Å². The second-order valence-electron chi connectivity index (χ2n) is 3.67. The molecule has 0 rings (SSSR count). The van der Waals surface area contributed by atoms with Crippen LogP contribution in [0.15, 0.2) is 11.8 Å². The Labute approximate surface area is 90.5 Å². The maximum Gasteiger partial charge on any atom is 0.332 e. The van der Waals surface area contributed by atoms with Crippen LogP contribution in [-0.4, -0.2) is 18.2 Å². The van der Waals surface area contributed by atoms with Gasteiger partial charge in [-0.15, -0.1) is 0 Å². The Morgan fingerprint density at radius 3 is 2.60 bits per heavy atom.